The molecule has 0 bridgehead atoms. The molecule has 2 aromatic carbocycles. The van der Waals surface area contributed by atoms with Crippen LogP contribution < -0.4 is 20.4 Å². The molecule has 1 amide bonds. The summed E-state index contributed by atoms with van der Waals surface area (Å²) in [5, 5.41) is 13.2. The van der Waals surface area contributed by atoms with Gasteiger partial charge in [0.1, 0.15) is 12.4 Å². The molecular formula is C27H29FN4O5. The predicted octanol–water partition coefficient (Wildman–Crippen LogP) is 2.59. The quantitative estimate of drug-likeness (QED) is 0.242. The molecule has 194 valence electrons. The molecule has 5 rings (SSSR count). The van der Waals surface area contributed by atoms with Crippen LogP contribution in [0.15, 0.2) is 48.5 Å². The molecule has 2 unspecified atom stereocenters. The number of piperazine rings is 1. The second-order valence-corrected chi connectivity index (χ2v) is 9.50. The van der Waals surface area contributed by atoms with Gasteiger partial charge in [-0.25, -0.2) is 14.9 Å². The number of fused-ring (bicyclic) bond motifs is 1. The fourth-order valence-corrected chi connectivity index (χ4v) is 5.12. The van der Waals surface area contributed by atoms with E-state index in [1.165, 1.54) is 19.2 Å². The van der Waals surface area contributed by atoms with E-state index in [0.717, 1.165) is 48.5 Å². The largest absolute Gasteiger partial charge is 0.486 e. The zero-order chi connectivity index (χ0) is 26.0. The number of hydrogen-bond donors (Lipinski definition) is 3. The summed E-state index contributed by atoms with van der Waals surface area (Å²) in [5.41, 5.74) is 2.75. The van der Waals surface area contributed by atoms with Gasteiger partial charge in [-0.15, -0.1) is 0 Å². The second kappa shape index (κ2) is 10.3. The number of carbonyl (C=O) groups excluding carboxylic acids is 2. The van der Waals surface area contributed by atoms with Crippen LogP contribution in [-0.2, 0) is 27.4 Å². The van der Waals surface area contributed by atoms with Gasteiger partial charge in [0.05, 0.1) is 24.0 Å². The lowest BCUT2D eigenvalue weighted by atomic mass is 9.93. The van der Waals surface area contributed by atoms with Crippen molar-refractivity contribution in [1.82, 2.24) is 15.8 Å². The number of carbonyl (C=O) groups is 2. The van der Waals surface area contributed by atoms with E-state index in [1.807, 2.05) is 30.3 Å². The number of pyridine rings is 1. The first-order valence-electron chi connectivity index (χ1n) is 12.2. The van der Waals surface area contributed by atoms with E-state index in [1.54, 1.807) is 11.5 Å². The Morgan fingerprint density at radius 1 is 1.22 bits per heavy atom. The third-order valence-electron chi connectivity index (χ3n) is 7.22. The van der Waals surface area contributed by atoms with E-state index in [9.17, 15) is 9.59 Å². The Hall–Kier alpha value is -3.76. The van der Waals surface area contributed by atoms with Gasteiger partial charge < -0.3 is 19.7 Å². The number of hydrogen-bond acceptors (Lipinski definition) is 8. The van der Waals surface area contributed by atoms with Crippen molar-refractivity contribution >= 4 is 28.6 Å². The number of ether oxygens (including phenoxy) is 2. The third kappa shape index (κ3) is 4.94. The van der Waals surface area contributed by atoms with E-state index < -0.39 is 29.0 Å². The highest BCUT2D eigenvalue weighted by molar-refractivity contribution is 5.93. The Balaban J connectivity index is 1.34. The molecule has 1 saturated carbocycles. The number of methoxy groups -OCH3 is 1. The predicted molar refractivity (Wildman–Crippen MR) is 134 cm³/mol. The monoisotopic (exact) mass is 508 g/mol. The van der Waals surface area contributed by atoms with Crippen LogP contribution >= 0.6 is 0 Å². The first kappa shape index (κ1) is 24.9. The molecule has 0 spiro atoms. The summed E-state index contributed by atoms with van der Waals surface area (Å²) in [7, 11) is 1.24. The highest BCUT2D eigenvalue weighted by atomic mass is 19.1. The van der Waals surface area contributed by atoms with Crippen LogP contribution in [0.2, 0.25) is 0 Å². The maximum Gasteiger partial charge on any atom is 0.312 e. The molecule has 3 N–H and O–H groups in total. The molecule has 1 aromatic heterocycles. The van der Waals surface area contributed by atoms with Crippen molar-refractivity contribution in [3.05, 3.63) is 65.5 Å². The third-order valence-corrected chi connectivity index (χ3v) is 7.22. The molecule has 9 nitrogen and oxygen atoms in total. The Morgan fingerprint density at radius 2 is 2.00 bits per heavy atom. The Bertz CT molecular complexity index is 1330. The molecule has 1 saturated heterocycles. The lowest BCUT2D eigenvalue weighted by Crippen LogP contribution is -2.43. The molecule has 1 aliphatic carbocycles. The molecule has 3 aromatic rings. The first-order valence-corrected chi connectivity index (χ1v) is 12.2. The Labute approximate surface area is 213 Å². The number of para-hydroxylation sites is 1. The number of nitrogens with one attached hydrogen (secondary N) is 2. The van der Waals surface area contributed by atoms with E-state index in [-0.39, 0.29) is 25.2 Å². The van der Waals surface area contributed by atoms with Crippen molar-refractivity contribution in [2.75, 3.05) is 38.2 Å². The smallest absolute Gasteiger partial charge is 0.312 e. The highest BCUT2D eigenvalue weighted by Crippen LogP contribution is 2.55. The van der Waals surface area contributed by atoms with Gasteiger partial charge in [-0.2, -0.15) is 0 Å². The summed E-state index contributed by atoms with van der Waals surface area (Å²) in [5.74, 6) is -1.56. The summed E-state index contributed by atoms with van der Waals surface area (Å²) in [6.07, 6.45) is 0.328. The summed E-state index contributed by atoms with van der Waals surface area (Å²) >= 11 is 0. The normalized spacial score (nSPS) is 20.9. The summed E-state index contributed by atoms with van der Waals surface area (Å²) < 4.78 is 25.8. The molecule has 2 heterocycles. The number of amides is 1. The van der Waals surface area contributed by atoms with E-state index in [2.05, 4.69) is 10.2 Å². The maximum absolute atomic E-state index is 15.0. The number of esters is 1. The average Bonchev–Trinajstić information content (AvgIpc) is 3.67. The maximum atomic E-state index is 15.0. The minimum absolute atomic E-state index is 0.0842. The van der Waals surface area contributed by atoms with Gasteiger partial charge >= 0.3 is 5.97 Å². The lowest BCUT2D eigenvalue weighted by molar-refractivity contribution is -0.149. The molecule has 37 heavy (non-hydrogen) atoms. The van der Waals surface area contributed by atoms with Gasteiger partial charge in [0, 0.05) is 37.1 Å². The van der Waals surface area contributed by atoms with Crippen molar-refractivity contribution in [2.24, 2.45) is 11.3 Å². The number of aromatic nitrogens is 1. The van der Waals surface area contributed by atoms with Gasteiger partial charge in [0.15, 0.2) is 11.6 Å². The van der Waals surface area contributed by atoms with E-state index >= 15 is 4.39 Å². The topological polar surface area (TPSA) is 113 Å². The zero-order valence-electron chi connectivity index (χ0n) is 20.5. The molecule has 1 aliphatic heterocycles. The van der Waals surface area contributed by atoms with Crippen molar-refractivity contribution in [3.8, 4) is 5.75 Å². The summed E-state index contributed by atoms with van der Waals surface area (Å²) in [4.78, 5) is 31.3. The van der Waals surface area contributed by atoms with Crippen LogP contribution in [-0.4, -0.2) is 55.4 Å². The number of rotatable bonds is 8. The molecule has 10 heteroatoms. The van der Waals surface area contributed by atoms with Gasteiger partial charge in [-0.1, -0.05) is 24.3 Å². The van der Waals surface area contributed by atoms with Crippen LogP contribution in [0, 0.1) is 17.2 Å². The van der Waals surface area contributed by atoms with Crippen molar-refractivity contribution in [2.45, 2.75) is 19.4 Å². The Kier molecular flexibility index (Phi) is 6.94. The number of anilines is 1. The van der Waals surface area contributed by atoms with Crippen LogP contribution in [0.1, 0.15) is 17.5 Å². The zero-order valence-corrected chi connectivity index (χ0v) is 20.5. The molecular weight excluding hydrogens is 479 g/mol. The molecule has 2 atom stereocenters. The minimum Gasteiger partial charge on any atom is -0.486 e. The Morgan fingerprint density at radius 3 is 2.73 bits per heavy atom. The number of nitrogens with zero attached hydrogens (tertiary/aromatic N) is 2. The van der Waals surface area contributed by atoms with Gasteiger partial charge in [0.25, 0.3) is 0 Å². The van der Waals surface area contributed by atoms with Crippen LogP contribution in [0.4, 0.5) is 10.2 Å². The molecule has 0 radical (unpaired) electrons. The van der Waals surface area contributed by atoms with E-state index in [0.29, 0.717) is 5.56 Å². The standard InChI is InChI=1S/C27H29FN4O5/c1-36-26(34)27(15-20(27)25(33)31-35)14-17-6-7-23(21(28)12-17)37-16-18-13-24(32-10-8-29-9-11-32)30-22-5-3-2-4-19(18)22/h2-7,12-13,20,29,35H,8-11,14-16H2,1H3,(H,31,33). The minimum atomic E-state index is -1.12. The SMILES string of the molecule is COC(=O)C1(Cc2ccc(OCc3cc(N4CCNCC4)nc4ccccc34)c(F)c2)CC1C(=O)NO. The fourth-order valence-electron chi connectivity index (χ4n) is 5.12. The van der Waals surface area contributed by atoms with Gasteiger partial charge in [-0.05, 0) is 42.7 Å². The molecule has 2 aliphatic rings. The van der Waals surface area contributed by atoms with Crippen LogP contribution in [0.5, 0.6) is 5.75 Å². The van der Waals surface area contributed by atoms with Crippen LogP contribution in [0.3, 0.4) is 0 Å². The summed E-state index contributed by atoms with van der Waals surface area (Å²) in [6.45, 7) is 3.65. The lowest BCUT2D eigenvalue weighted by Gasteiger charge is -2.29. The van der Waals surface area contributed by atoms with Gasteiger partial charge in [0.2, 0.25) is 5.91 Å². The second-order valence-electron chi connectivity index (χ2n) is 9.50. The number of halogens is 1. The van der Waals surface area contributed by atoms with E-state index in [4.69, 9.17) is 19.7 Å². The fraction of sp³-hybridized carbons (Fsp3) is 0.370. The van der Waals surface area contributed by atoms with Crippen molar-refractivity contribution < 1.29 is 28.7 Å². The highest BCUT2D eigenvalue weighted by Gasteiger charge is 2.64. The number of benzene rings is 2. The molecule has 2 fully saturated rings. The number of hydroxylamine groups is 1. The first-order chi connectivity index (χ1) is 17.9. The summed E-state index contributed by atoms with van der Waals surface area (Å²) in [6, 6.07) is 14.3. The van der Waals surface area contributed by atoms with Crippen molar-refractivity contribution in [1.29, 1.82) is 0 Å². The van der Waals surface area contributed by atoms with Crippen molar-refractivity contribution in [3.63, 3.8) is 0 Å². The van der Waals surface area contributed by atoms with Gasteiger partial charge in [-0.3, -0.25) is 14.8 Å². The van der Waals surface area contributed by atoms with Crippen LogP contribution in [0.25, 0.3) is 10.9 Å². The average molecular weight is 509 g/mol.